The molecule has 0 amide bonds. The normalized spacial score (nSPS) is 16.0. The van der Waals surface area contributed by atoms with Gasteiger partial charge in [0.1, 0.15) is 0 Å². The van der Waals surface area contributed by atoms with Crippen LogP contribution >= 0.6 is 0 Å². The van der Waals surface area contributed by atoms with Crippen molar-refractivity contribution >= 4 is 17.8 Å². The molecule has 2 aromatic rings. The van der Waals surface area contributed by atoms with Crippen molar-refractivity contribution in [2.24, 2.45) is 0 Å². The average molecular weight is 293 g/mol. The number of fused-ring (bicyclic) bond motifs is 2. The van der Waals surface area contributed by atoms with Crippen LogP contribution in [0.3, 0.4) is 0 Å². The fourth-order valence-corrected chi connectivity index (χ4v) is 3.22. The Labute approximate surface area is 132 Å². The molecular formula is C20H23NO. The monoisotopic (exact) mass is 293 g/mol. The molecule has 0 saturated carbocycles. The number of rotatable bonds is 5. The Balaban J connectivity index is 1.98. The quantitative estimate of drug-likeness (QED) is 0.640. The van der Waals surface area contributed by atoms with Gasteiger partial charge >= 0.3 is 0 Å². The van der Waals surface area contributed by atoms with E-state index in [9.17, 15) is 0 Å². The van der Waals surface area contributed by atoms with Crippen LogP contribution in [0.25, 0.3) is 12.2 Å². The third-order valence-electron chi connectivity index (χ3n) is 4.29. The number of hydrogen-bond acceptors (Lipinski definition) is 2. The highest BCUT2D eigenvalue weighted by Gasteiger charge is 2.21. The van der Waals surface area contributed by atoms with Crippen LogP contribution in [0.4, 0.5) is 5.69 Å². The second-order valence-electron chi connectivity index (χ2n) is 5.74. The van der Waals surface area contributed by atoms with E-state index in [2.05, 4.69) is 48.6 Å². The average Bonchev–Trinajstić information content (AvgIpc) is 2.69. The number of benzene rings is 2. The van der Waals surface area contributed by atoms with Crippen molar-refractivity contribution in [3.63, 3.8) is 0 Å². The van der Waals surface area contributed by atoms with Crippen LogP contribution in [0.2, 0.25) is 0 Å². The first-order valence-electron chi connectivity index (χ1n) is 8.03. The highest BCUT2D eigenvalue weighted by atomic mass is 16.5. The molecular weight excluding hydrogens is 270 g/mol. The summed E-state index contributed by atoms with van der Waals surface area (Å²) in [4.78, 5) is 0. The largest absolute Gasteiger partial charge is 0.399 e. The summed E-state index contributed by atoms with van der Waals surface area (Å²) in [7, 11) is 0. The first-order valence-corrected chi connectivity index (χ1v) is 8.03. The van der Waals surface area contributed by atoms with Gasteiger partial charge in [0.25, 0.3) is 0 Å². The maximum absolute atomic E-state index is 6.04. The summed E-state index contributed by atoms with van der Waals surface area (Å²) in [6.45, 7) is 3.65. The zero-order chi connectivity index (χ0) is 15.4. The molecule has 2 nitrogen and oxygen atoms in total. The minimum Gasteiger partial charge on any atom is -0.399 e. The summed E-state index contributed by atoms with van der Waals surface area (Å²) >= 11 is 0. The molecule has 114 valence electrons. The van der Waals surface area contributed by atoms with E-state index in [-0.39, 0.29) is 0 Å². The lowest BCUT2D eigenvalue weighted by Crippen LogP contribution is -2.06. The molecule has 1 aliphatic rings. The van der Waals surface area contributed by atoms with Crippen LogP contribution in [0.5, 0.6) is 0 Å². The highest BCUT2D eigenvalue weighted by molar-refractivity contribution is 5.77. The maximum Gasteiger partial charge on any atom is 0.0466 e. The molecule has 0 heterocycles. The van der Waals surface area contributed by atoms with Gasteiger partial charge in [-0.05, 0) is 54.2 Å². The van der Waals surface area contributed by atoms with E-state index < -0.39 is 0 Å². The van der Waals surface area contributed by atoms with Gasteiger partial charge in [-0.1, -0.05) is 42.5 Å². The van der Waals surface area contributed by atoms with Crippen molar-refractivity contribution in [1.29, 1.82) is 0 Å². The standard InChI is InChI=1S/C20H23NO/c1-2-22-13-5-8-19-18-7-4-3-6-15(18)9-10-16-11-12-17(21)14-20(16)19/h3-4,6-7,9-12,14,19H,2,5,8,13,21H2,1H3. The van der Waals surface area contributed by atoms with Crippen molar-refractivity contribution in [3.8, 4) is 0 Å². The van der Waals surface area contributed by atoms with Crippen LogP contribution in [0.15, 0.2) is 42.5 Å². The first kappa shape index (κ1) is 14.9. The lowest BCUT2D eigenvalue weighted by Gasteiger charge is -2.21. The van der Waals surface area contributed by atoms with Crippen LogP contribution in [-0.4, -0.2) is 13.2 Å². The zero-order valence-electron chi connectivity index (χ0n) is 13.1. The Kier molecular flexibility index (Phi) is 4.59. The van der Waals surface area contributed by atoms with Gasteiger partial charge < -0.3 is 10.5 Å². The summed E-state index contributed by atoms with van der Waals surface area (Å²) in [6.07, 6.45) is 6.55. The summed E-state index contributed by atoms with van der Waals surface area (Å²) in [5, 5.41) is 0. The van der Waals surface area contributed by atoms with Crippen LogP contribution < -0.4 is 5.73 Å². The van der Waals surface area contributed by atoms with Gasteiger partial charge in [0.05, 0.1) is 0 Å². The van der Waals surface area contributed by atoms with E-state index in [1.165, 1.54) is 22.3 Å². The predicted molar refractivity (Wildman–Crippen MR) is 93.8 cm³/mol. The van der Waals surface area contributed by atoms with Gasteiger partial charge in [0.15, 0.2) is 0 Å². The van der Waals surface area contributed by atoms with E-state index >= 15 is 0 Å². The van der Waals surface area contributed by atoms with Crippen molar-refractivity contribution in [3.05, 3.63) is 64.7 Å². The molecule has 0 spiro atoms. The smallest absolute Gasteiger partial charge is 0.0466 e. The van der Waals surface area contributed by atoms with Gasteiger partial charge in [0, 0.05) is 24.8 Å². The van der Waals surface area contributed by atoms with E-state index in [1.807, 2.05) is 13.0 Å². The Morgan fingerprint density at radius 3 is 2.59 bits per heavy atom. The van der Waals surface area contributed by atoms with Gasteiger partial charge in [-0.25, -0.2) is 0 Å². The molecule has 0 radical (unpaired) electrons. The Morgan fingerprint density at radius 2 is 1.77 bits per heavy atom. The van der Waals surface area contributed by atoms with E-state index in [0.29, 0.717) is 5.92 Å². The van der Waals surface area contributed by atoms with Crippen molar-refractivity contribution in [2.75, 3.05) is 18.9 Å². The van der Waals surface area contributed by atoms with E-state index in [0.717, 1.165) is 31.7 Å². The molecule has 0 saturated heterocycles. The van der Waals surface area contributed by atoms with Gasteiger partial charge in [-0.3, -0.25) is 0 Å². The van der Waals surface area contributed by atoms with Crippen molar-refractivity contribution in [2.45, 2.75) is 25.7 Å². The minimum atomic E-state index is 0.380. The van der Waals surface area contributed by atoms with E-state index in [4.69, 9.17) is 10.5 Å². The second-order valence-corrected chi connectivity index (χ2v) is 5.74. The Bertz CT molecular complexity index is 675. The second kappa shape index (κ2) is 6.80. The van der Waals surface area contributed by atoms with Crippen LogP contribution in [0, 0.1) is 0 Å². The fourth-order valence-electron chi connectivity index (χ4n) is 3.22. The molecule has 1 atom stereocenters. The molecule has 22 heavy (non-hydrogen) atoms. The molecule has 2 aromatic carbocycles. The van der Waals surface area contributed by atoms with E-state index in [1.54, 1.807) is 0 Å². The van der Waals surface area contributed by atoms with Gasteiger partial charge in [0.2, 0.25) is 0 Å². The highest BCUT2D eigenvalue weighted by Crippen LogP contribution is 2.38. The zero-order valence-corrected chi connectivity index (χ0v) is 13.1. The summed E-state index contributed by atoms with van der Waals surface area (Å²) in [6, 6.07) is 14.9. The summed E-state index contributed by atoms with van der Waals surface area (Å²) < 4.78 is 5.52. The fraction of sp³-hybridized carbons (Fsp3) is 0.300. The molecule has 0 fully saturated rings. The Hall–Kier alpha value is -2.06. The molecule has 2 N–H and O–H groups in total. The third-order valence-corrected chi connectivity index (χ3v) is 4.29. The van der Waals surface area contributed by atoms with Gasteiger partial charge in [-0.2, -0.15) is 0 Å². The van der Waals surface area contributed by atoms with Crippen LogP contribution in [0.1, 0.15) is 47.9 Å². The molecule has 1 aliphatic carbocycles. The molecule has 0 aromatic heterocycles. The van der Waals surface area contributed by atoms with Gasteiger partial charge in [-0.15, -0.1) is 0 Å². The summed E-state index contributed by atoms with van der Waals surface area (Å²) in [5.41, 5.74) is 12.2. The maximum atomic E-state index is 6.04. The Morgan fingerprint density at radius 1 is 1.00 bits per heavy atom. The predicted octanol–water partition coefficient (Wildman–Crippen LogP) is 4.70. The first-order chi connectivity index (χ1) is 10.8. The topological polar surface area (TPSA) is 35.2 Å². The molecule has 3 rings (SSSR count). The number of anilines is 1. The number of nitrogens with two attached hydrogens (primary N) is 1. The molecule has 2 heteroatoms. The molecule has 0 aliphatic heterocycles. The third kappa shape index (κ3) is 3.07. The molecule has 1 unspecified atom stereocenters. The number of nitrogen functional groups attached to an aromatic ring is 1. The lowest BCUT2D eigenvalue weighted by molar-refractivity contribution is 0.142. The lowest BCUT2D eigenvalue weighted by atomic mass is 9.84. The minimum absolute atomic E-state index is 0.380. The summed E-state index contributed by atoms with van der Waals surface area (Å²) in [5.74, 6) is 0.380. The number of ether oxygens (including phenoxy) is 1. The number of hydrogen-bond donors (Lipinski definition) is 1. The SMILES string of the molecule is CCOCCCC1c2ccccc2C=Cc2ccc(N)cc21. The van der Waals surface area contributed by atoms with Crippen molar-refractivity contribution in [1.82, 2.24) is 0 Å². The molecule has 0 bridgehead atoms. The van der Waals surface area contributed by atoms with Crippen molar-refractivity contribution < 1.29 is 4.74 Å². The van der Waals surface area contributed by atoms with Crippen LogP contribution in [-0.2, 0) is 4.74 Å².